The van der Waals surface area contributed by atoms with Crippen LogP contribution in [0.1, 0.15) is 36.3 Å². The molecule has 4 rings (SSSR count). The molecule has 2 atom stereocenters. The van der Waals surface area contributed by atoms with Gasteiger partial charge in [-0.1, -0.05) is 42.5 Å². The van der Waals surface area contributed by atoms with Crippen LogP contribution in [0.15, 0.2) is 54.6 Å². The molecule has 1 aliphatic carbocycles. The van der Waals surface area contributed by atoms with Gasteiger partial charge >= 0.3 is 0 Å². The molecule has 0 spiro atoms. The van der Waals surface area contributed by atoms with Crippen molar-refractivity contribution in [2.45, 2.75) is 37.8 Å². The van der Waals surface area contributed by atoms with E-state index in [-0.39, 0.29) is 5.82 Å². The summed E-state index contributed by atoms with van der Waals surface area (Å²) in [6.07, 6.45) is 3.76. The predicted octanol–water partition coefficient (Wildman–Crippen LogP) is 4.18. The van der Waals surface area contributed by atoms with Crippen molar-refractivity contribution in [2.24, 2.45) is 5.92 Å². The van der Waals surface area contributed by atoms with E-state index >= 15 is 0 Å². The first-order valence-electron chi connectivity index (χ1n) is 9.53. The minimum Gasteiger partial charge on any atom is -0.313 e. The van der Waals surface area contributed by atoms with Gasteiger partial charge in [-0.25, -0.2) is 4.39 Å². The molecule has 2 aliphatic rings. The molecule has 25 heavy (non-hydrogen) atoms. The van der Waals surface area contributed by atoms with E-state index in [1.807, 2.05) is 6.07 Å². The smallest absolute Gasteiger partial charge is 0.123 e. The van der Waals surface area contributed by atoms with Gasteiger partial charge in [0.2, 0.25) is 0 Å². The first-order valence-corrected chi connectivity index (χ1v) is 9.53. The molecule has 0 bridgehead atoms. The zero-order chi connectivity index (χ0) is 17.1. The van der Waals surface area contributed by atoms with E-state index in [2.05, 4.69) is 40.5 Å². The maximum atomic E-state index is 13.3. The van der Waals surface area contributed by atoms with Crippen molar-refractivity contribution >= 4 is 0 Å². The minimum absolute atomic E-state index is 0.131. The number of piperidine rings is 1. The molecule has 1 N–H and O–H groups in total. The van der Waals surface area contributed by atoms with E-state index in [4.69, 9.17) is 0 Å². The second-order valence-electron chi connectivity index (χ2n) is 7.62. The number of hydrogen-bond donors (Lipinski definition) is 1. The number of halogens is 1. The molecule has 2 aromatic carbocycles. The number of nitrogens with one attached hydrogen (secondary N) is 1. The fraction of sp³-hybridized carbons (Fsp3) is 0.455. The molecule has 0 amide bonds. The fourth-order valence-electron chi connectivity index (χ4n) is 4.05. The molecule has 2 unspecified atom stereocenters. The molecule has 3 heteroatoms. The van der Waals surface area contributed by atoms with Crippen molar-refractivity contribution in [1.82, 2.24) is 10.2 Å². The summed E-state index contributed by atoms with van der Waals surface area (Å²) in [5, 5.41) is 3.78. The largest absolute Gasteiger partial charge is 0.313 e. The lowest BCUT2D eigenvalue weighted by Crippen LogP contribution is -2.37. The quantitative estimate of drug-likeness (QED) is 0.850. The standard InChI is InChI=1S/C22H27FN2/c23-20-8-4-5-18(13-20)16-25-11-9-17(10-12-25)15-24-22-14-21(22)19-6-2-1-3-7-19/h1-8,13,17,21-22,24H,9-12,14-16H2. The third-order valence-corrected chi connectivity index (χ3v) is 5.69. The van der Waals surface area contributed by atoms with E-state index in [9.17, 15) is 4.39 Å². The molecule has 2 fully saturated rings. The molecule has 1 aliphatic heterocycles. The van der Waals surface area contributed by atoms with Crippen LogP contribution >= 0.6 is 0 Å². The van der Waals surface area contributed by atoms with Crippen molar-refractivity contribution in [3.05, 3.63) is 71.5 Å². The lowest BCUT2D eigenvalue weighted by Gasteiger charge is -2.32. The highest BCUT2D eigenvalue weighted by atomic mass is 19.1. The number of hydrogen-bond acceptors (Lipinski definition) is 2. The summed E-state index contributed by atoms with van der Waals surface area (Å²) < 4.78 is 13.3. The summed E-state index contributed by atoms with van der Waals surface area (Å²) in [6.45, 7) is 4.25. The molecule has 2 nitrogen and oxygen atoms in total. The van der Waals surface area contributed by atoms with Crippen LogP contribution in [0.4, 0.5) is 4.39 Å². The molecule has 2 aromatic rings. The van der Waals surface area contributed by atoms with E-state index in [0.717, 1.165) is 37.7 Å². The Balaban J connectivity index is 1.17. The summed E-state index contributed by atoms with van der Waals surface area (Å²) in [5.74, 6) is 1.36. The van der Waals surface area contributed by atoms with Gasteiger partial charge in [0, 0.05) is 18.5 Å². The Morgan fingerprint density at radius 3 is 2.56 bits per heavy atom. The average molecular weight is 338 g/mol. The maximum absolute atomic E-state index is 13.3. The Hall–Kier alpha value is -1.71. The van der Waals surface area contributed by atoms with Crippen LogP contribution < -0.4 is 5.32 Å². The van der Waals surface area contributed by atoms with Crippen LogP contribution in [0, 0.1) is 11.7 Å². The average Bonchev–Trinajstić information content (AvgIpc) is 3.42. The lowest BCUT2D eigenvalue weighted by molar-refractivity contribution is 0.175. The van der Waals surface area contributed by atoms with Gasteiger partial charge in [-0.05, 0) is 68.1 Å². The fourth-order valence-corrected chi connectivity index (χ4v) is 4.05. The van der Waals surface area contributed by atoms with Gasteiger partial charge in [0.05, 0.1) is 0 Å². The molecule has 132 valence electrons. The zero-order valence-electron chi connectivity index (χ0n) is 14.7. The van der Waals surface area contributed by atoms with Gasteiger partial charge in [-0.3, -0.25) is 4.90 Å². The van der Waals surface area contributed by atoms with Crippen molar-refractivity contribution in [3.63, 3.8) is 0 Å². The first-order chi connectivity index (χ1) is 12.3. The van der Waals surface area contributed by atoms with Crippen molar-refractivity contribution < 1.29 is 4.39 Å². The second-order valence-corrected chi connectivity index (χ2v) is 7.62. The van der Waals surface area contributed by atoms with Crippen molar-refractivity contribution in [1.29, 1.82) is 0 Å². The monoisotopic (exact) mass is 338 g/mol. The van der Waals surface area contributed by atoms with Crippen LogP contribution in [0.2, 0.25) is 0 Å². The predicted molar refractivity (Wildman–Crippen MR) is 100.0 cm³/mol. The first kappa shape index (κ1) is 16.7. The maximum Gasteiger partial charge on any atom is 0.123 e. The topological polar surface area (TPSA) is 15.3 Å². The molecule has 1 saturated carbocycles. The third-order valence-electron chi connectivity index (χ3n) is 5.69. The van der Waals surface area contributed by atoms with Crippen LogP contribution in [0.5, 0.6) is 0 Å². The van der Waals surface area contributed by atoms with E-state index in [0.29, 0.717) is 12.0 Å². The number of nitrogens with zero attached hydrogens (tertiary/aromatic N) is 1. The van der Waals surface area contributed by atoms with Gasteiger partial charge in [0.15, 0.2) is 0 Å². The Bertz CT molecular complexity index is 679. The molecular weight excluding hydrogens is 311 g/mol. The van der Waals surface area contributed by atoms with E-state index in [1.165, 1.54) is 30.9 Å². The van der Waals surface area contributed by atoms with Gasteiger partial charge in [0.1, 0.15) is 5.82 Å². The lowest BCUT2D eigenvalue weighted by atomic mass is 9.96. The molecule has 0 aromatic heterocycles. The van der Waals surface area contributed by atoms with E-state index < -0.39 is 0 Å². The van der Waals surface area contributed by atoms with Gasteiger partial charge < -0.3 is 5.32 Å². The summed E-state index contributed by atoms with van der Waals surface area (Å²) in [7, 11) is 0. The van der Waals surface area contributed by atoms with Crippen LogP contribution in [0.25, 0.3) is 0 Å². The van der Waals surface area contributed by atoms with Crippen LogP contribution in [-0.4, -0.2) is 30.6 Å². The Morgan fingerprint density at radius 1 is 1.00 bits per heavy atom. The molecule has 1 saturated heterocycles. The molecule has 0 radical (unpaired) electrons. The Morgan fingerprint density at radius 2 is 1.80 bits per heavy atom. The molecule has 1 heterocycles. The number of likely N-dealkylation sites (tertiary alicyclic amines) is 1. The number of benzene rings is 2. The minimum atomic E-state index is -0.131. The normalized spacial score (nSPS) is 24.4. The second kappa shape index (κ2) is 7.67. The van der Waals surface area contributed by atoms with Crippen LogP contribution in [0.3, 0.4) is 0 Å². The zero-order valence-corrected chi connectivity index (χ0v) is 14.7. The summed E-state index contributed by atoms with van der Waals surface area (Å²) in [6, 6.07) is 18.5. The van der Waals surface area contributed by atoms with Gasteiger partial charge in [-0.15, -0.1) is 0 Å². The Labute approximate surface area is 150 Å². The van der Waals surface area contributed by atoms with Crippen molar-refractivity contribution in [2.75, 3.05) is 19.6 Å². The summed E-state index contributed by atoms with van der Waals surface area (Å²) >= 11 is 0. The highest BCUT2D eigenvalue weighted by Crippen LogP contribution is 2.40. The van der Waals surface area contributed by atoms with Gasteiger partial charge in [0.25, 0.3) is 0 Å². The highest BCUT2D eigenvalue weighted by molar-refractivity contribution is 5.27. The SMILES string of the molecule is Fc1cccc(CN2CCC(CNC3CC3c3ccccc3)CC2)c1. The third kappa shape index (κ3) is 4.47. The van der Waals surface area contributed by atoms with Crippen LogP contribution in [-0.2, 0) is 6.54 Å². The summed E-state index contributed by atoms with van der Waals surface area (Å²) in [5.41, 5.74) is 2.56. The highest BCUT2D eigenvalue weighted by Gasteiger charge is 2.38. The summed E-state index contributed by atoms with van der Waals surface area (Å²) in [4.78, 5) is 2.45. The van der Waals surface area contributed by atoms with Crippen molar-refractivity contribution in [3.8, 4) is 0 Å². The van der Waals surface area contributed by atoms with Gasteiger partial charge in [-0.2, -0.15) is 0 Å². The Kier molecular flexibility index (Phi) is 5.14. The molecular formula is C22H27FN2. The van der Waals surface area contributed by atoms with E-state index in [1.54, 1.807) is 12.1 Å². The number of rotatable bonds is 6.